The minimum atomic E-state index is -4.47. The van der Waals surface area contributed by atoms with Gasteiger partial charge in [0.25, 0.3) is 0 Å². The minimum Gasteiger partial charge on any atom is -0.482 e. The van der Waals surface area contributed by atoms with Gasteiger partial charge in [-0.05, 0) is 25.5 Å². The Hall–Kier alpha value is -1.96. The first kappa shape index (κ1) is 18.1. The Kier molecular flexibility index (Phi) is 6.04. The van der Waals surface area contributed by atoms with Crippen molar-refractivity contribution in [3.8, 4) is 5.75 Å². The van der Waals surface area contributed by atoms with Gasteiger partial charge >= 0.3 is 12.2 Å². The number of hydrogen-bond acceptors (Lipinski definition) is 3. The topological polar surface area (TPSA) is 70.6 Å². The maximum absolute atomic E-state index is 12.2. The van der Waals surface area contributed by atoms with Crippen LogP contribution in [0.3, 0.4) is 0 Å². The van der Waals surface area contributed by atoms with E-state index in [9.17, 15) is 23.1 Å². The Morgan fingerprint density at radius 1 is 1.32 bits per heavy atom. The van der Waals surface area contributed by atoms with Gasteiger partial charge in [0.1, 0.15) is 5.75 Å². The molecule has 1 aromatic carbocycles. The predicted molar refractivity (Wildman–Crippen MR) is 75.9 cm³/mol. The van der Waals surface area contributed by atoms with Gasteiger partial charge in [-0.1, -0.05) is 19.1 Å². The normalized spacial score (nSPS) is 14.1. The summed E-state index contributed by atoms with van der Waals surface area (Å²) < 4.78 is 41.3. The van der Waals surface area contributed by atoms with Gasteiger partial charge in [-0.25, -0.2) is 4.79 Å². The number of alkyl halides is 3. The van der Waals surface area contributed by atoms with E-state index in [2.05, 4.69) is 15.4 Å². The molecule has 2 amide bonds. The SMILES string of the molecule is CCC(C)(CO)NC(=O)Nc1ccccc1OCC(F)(F)F. The Morgan fingerprint density at radius 2 is 1.95 bits per heavy atom. The Balaban J connectivity index is 2.75. The van der Waals surface area contributed by atoms with Gasteiger partial charge in [0.05, 0.1) is 17.8 Å². The largest absolute Gasteiger partial charge is 0.482 e. The van der Waals surface area contributed by atoms with Gasteiger partial charge in [0.15, 0.2) is 6.61 Å². The van der Waals surface area contributed by atoms with E-state index in [1.165, 1.54) is 18.2 Å². The summed E-state index contributed by atoms with van der Waals surface area (Å²) in [5, 5.41) is 14.2. The molecule has 124 valence electrons. The van der Waals surface area contributed by atoms with Crippen molar-refractivity contribution in [3.63, 3.8) is 0 Å². The molecule has 3 N–H and O–H groups in total. The van der Waals surface area contributed by atoms with Crippen LogP contribution in [-0.4, -0.2) is 36.1 Å². The van der Waals surface area contributed by atoms with Crippen molar-refractivity contribution in [1.29, 1.82) is 0 Å². The first-order valence-electron chi connectivity index (χ1n) is 6.68. The van der Waals surface area contributed by atoms with E-state index >= 15 is 0 Å². The maximum Gasteiger partial charge on any atom is 0.422 e. The summed E-state index contributed by atoms with van der Waals surface area (Å²) in [6.07, 6.45) is -3.98. The van der Waals surface area contributed by atoms with Crippen molar-refractivity contribution in [1.82, 2.24) is 5.32 Å². The number of carbonyl (C=O) groups is 1. The molecule has 0 aliphatic heterocycles. The second-order valence-corrected chi connectivity index (χ2v) is 5.05. The van der Waals surface area contributed by atoms with Crippen LogP contribution >= 0.6 is 0 Å². The number of ether oxygens (including phenoxy) is 1. The highest BCUT2D eigenvalue weighted by Gasteiger charge is 2.29. The number of anilines is 1. The molecule has 5 nitrogen and oxygen atoms in total. The number of halogens is 3. The average molecular weight is 320 g/mol. The first-order valence-corrected chi connectivity index (χ1v) is 6.68. The van der Waals surface area contributed by atoms with Crippen LogP contribution in [0.2, 0.25) is 0 Å². The number of carbonyl (C=O) groups excluding carboxylic acids is 1. The molecule has 0 bridgehead atoms. The van der Waals surface area contributed by atoms with Crippen molar-refractivity contribution in [2.24, 2.45) is 0 Å². The third-order valence-corrected chi connectivity index (χ3v) is 3.07. The average Bonchev–Trinajstić information content (AvgIpc) is 2.45. The van der Waals surface area contributed by atoms with E-state index in [0.717, 1.165) is 0 Å². The Morgan fingerprint density at radius 3 is 2.50 bits per heavy atom. The number of urea groups is 1. The van der Waals surface area contributed by atoms with Crippen molar-refractivity contribution in [2.45, 2.75) is 32.0 Å². The zero-order chi connectivity index (χ0) is 16.8. The standard InChI is InChI=1S/C14H19F3N2O3/c1-3-13(2,8-20)19-12(21)18-10-6-4-5-7-11(10)22-9-14(15,16)17/h4-7,20H,3,8-9H2,1-2H3,(H2,18,19,21). The molecule has 22 heavy (non-hydrogen) atoms. The van der Waals surface area contributed by atoms with Crippen LogP contribution in [0.15, 0.2) is 24.3 Å². The number of para-hydroxylation sites is 2. The van der Waals surface area contributed by atoms with Crippen molar-refractivity contribution < 1.29 is 27.8 Å². The van der Waals surface area contributed by atoms with E-state index < -0.39 is 24.4 Å². The van der Waals surface area contributed by atoms with Crippen LogP contribution in [-0.2, 0) is 0 Å². The number of benzene rings is 1. The molecule has 0 saturated carbocycles. The van der Waals surface area contributed by atoms with Crippen molar-refractivity contribution in [2.75, 3.05) is 18.5 Å². The van der Waals surface area contributed by atoms with Crippen molar-refractivity contribution >= 4 is 11.7 Å². The van der Waals surface area contributed by atoms with E-state index in [0.29, 0.717) is 6.42 Å². The van der Waals surface area contributed by atoms with E-state index in [4.69, 9.17) is 0 Å². The molecule has 0 fully saturated rings. The second-order valence-electron chi connectivity index (χ2n) is 5.05. The molecule has 8 heteroatoms. The summed E-state index contributed by atoms with van der Waals surface area (Å²) in [5.74, 6) is -0.0859. The van der Waals surface area contributed by atoms with Crippen LogP contribution in [0, 0.1) is 0 Å². The van der Waals surface area contributed by atoms with Crippen LogP contribution < -0.4 is 15.4 Å². The smallest absolute Gasteiger partial charge is 0.422 e. The molecular weight excluding hydrogens is 301 g/mol. The summed E-state index contributed by atoms with van der Waals surface area (Å²) >= 11 is 0. The number of aliphatic hydroxyl groups is 1. The van der Waals surface area contributed by atoms with Crippen molar-refractivity contribution in [3.05, 3.63) is 24.3 Å². The number of amides is 2. The highest BCUT2D eigenvalue weighted by atomic mass is 19.4. The van der Waals surface area contributed by atoms with Crippen LogP contribution in [0.1, 0.15) is 20.3 Å². The summed E-state index contributed by atoms with van der Waals surface area (Å²) in [5.41, 5.74) is -0.702. The molecule has 1 unspecified atom stereocenters. The summed E-state index contributed by atoms with van der Waals surface area (Å²) in [6.45, 7) is 1.73. The lowest BCUT2D eigenvalue weighted by Crippen LogP contribution is -2.50. The monoisotopic (exact) mass is 320 g/mol. The Labute approximate surface area is 126 Å². The second kappa shape index (κ2) is 7.35. The van der Waals surface area contributed by atoms with E-state index in [1.807, 2.05) is 0 Å². The molecular formula is C14H19F3N2O3. The molecule has 1 aromatic rings. The quantitative estimate of drug-likeness (QED) is 0.755. The zero-order valence-electron chi connectivity index (χ0n) is 12.3. The van der Waals surface area contributed by atoms with Gasteiger partial charge in [-0.15, -0.1) is 0 Å². The number of aliphatic hydroxyl groups excluding tert-OH is 1. The minimum absolute atomic E-state index is 0.0859. The maximum atomic E-state index is 12.2. The van der Waals surface area contributed by atoms with Gasteiger partial charge in [0.2, 0.25) is 0 Å². The summed E-state index contributed by atoms with van der Waals surface area (Å²) in [7, 11) is 0. The molecule has 0 aromatic heterocycles. The van der Waals surface area contributed by atoms with Crippen LogP contribution in [0.5, 0.6) is 5.75 Å². The highest BCUT2D eigenvalue weighted by Crippen LogP contribution is 2.26. The van der Waals surface area contributed by atoms with Gasteiger partial charge in [-0.3, -0.25) is 0 Å². The third kappa shape index (κ3) is 5.80. The molecule has 0 saturated heterocycles. The molecule has 0 aliphatic carbocycles. The number of hydrogen-bond donors (Lipinski definition) is 3. The fraction of sp³-hybridized carbons (Fsp3) is 0.500. The first-order chi connectivity index (χ1) is 10.2. The zero-order valence-corrected chi connectivity index (χ0v) is 12.3. The summed E-state index contributed by atoms with van der Waals surface area (Å²) in [4.78, 5) is 11.9. The van der Waals surface area contributed by atoms with Gasteiger partial charge < -0.3 is 20.5 Å². The molecule has 1 rings (SSSR count). The molecule has 1 atom stereocenters. The van der Waals surface area contributed by atoms with Crippen LogP contribution in [0.4, 0.5) is 23.7 Å². The molecule has 0 spiro atoms. The Bertz CT molecular complexity index is 502. The van der Waals surface area contributed by atoms with Gasteiger partial charge in [0, 0.05) is 0 Å². The molecule has 0 radical (unpaired) electrons. The lowest BCUT2D eigenvalue weighted by molar-refractivity contribution is -0.153. The van der Waals surface area contributed by atoms with Crippen LogP contribution in [0.25, 0.3) is 0 Å². The van der Waals surface area contributed by atoms with Gasteiger partial charge in [-0.2, -0.15) is 13.2 Å². The lowest BCUT2D eigenvalue weighted by Gasteiger charge is -2.27. The number of rotatable bonds is 6. The van der Waals surface area contributed by atoms with E-state index in [-0.39, 0.29) is 18.0 Å². The molecule has 0 heterocycles. The predicted octanol–water partition coefficient (Wildman–Crippen LogP) is 2.91. The highest BCUT2D eigenvalue weighted by molar-refractivity contribution is 5.91. The fourth-order valence-electron chi connectivity index (χ4n) is 1.52. The summed E-state index contributed by atoms with van der Waals surface area (Å²) in [6, 6.07) is 5.17. The van der Waals surface area contributed by atoms with E-state index in [1.54, 1.807) is 19.9 Å². The number of nitrogens with one attached hydrogen (secondary N) is 2. The lowest BCUT2D eigenvalue weighted by atomic mass is 10.0. The molecule has 0 aliphatic rings. The fourth-order valence-corrected chi connectivity index (χ4v) is 1.52. The third-order valence-electron chi connectivity index (χ3n) is 3.07.